The number of carbonyl (C=O) groups is 2. The number of esters is 1. The lowest BCUT2D eigenvalue weighted by Crippen LogP contribution is -2.28. The molecule has 7 nitrogen and oxygen atoms in total. The molecule has 0 saturated carbocycles. The highest BCUT2D eigenvalue weighted by atomic mass is 32.2. The second-order valence-electron chi connectivity index (χ2n) is 8.97. The second-order valence-corrected chi connectivity index (χ2v) is 9.98. The first kappa shape index (κ1) is 26.0. The van der Waals surface area contributed by atoms with Crippen LogP contribution in [0.5, 0.6) is 0 Å². The molecule has 0 spiro atoms. The van der Waals surface area contributed by atoms with Crippen molar-refractivity contribution in [3.05, 3.63) is 106 Å². The van der Waals surface area contributed by atoms with E-state index in [1.165, 1.54) is 18.9 Å². The number of rotatable bonds is 6. The maximum absolute atomic E-state index is 13.4. The molecule has 0 radical (unpaired) electrons. The number of aromatic nitrogens is 1. The lowest BCUT2D eigenvalue weighted by atomic mass is 10.1. The van der Waals surface area contributed by atoms with Crippen LogP contribution in [0.1, 0.15) is 39.7 Å². The van der Waals surface area contributed by atoms with Crippen molar-refractivity contribution in [3.63, 3.8) is 0 Å². The minimum atomic E-state index is -0.440. The Morgan fingerprint density at radius 1 is 1.10 bits per heavy atom. The van der Waals surface area contributed by atoms with Crippen molar-refractivity contribution in [2.24, 2.45) is 4.99 Å². The molecule has 0 unspecified atom stereocenters. The van der Waals surface area contributed by atoms with Crippen LogP contribution in [0.25, 0.3) is 17.0 Å². The van der Waals surface area contributed by atoms with Crippen LogP contribution in [-0.4, -0.2) is 40.2 Å². The van der Waals surface area contributed by atoms with E-state index in [-0.39, 0.29) is 5.91 Å². The van der Waals surface area contributed by atoms with Crippen LogP contribution in [0.3, 0.4) is 0 Å². The Labute approximate surface area is 231 Å². The number of ether oxygens (including phenoxy) is 1. The largest absolute Gasteiger partial charge is 0.465 e. The molecule has 1 aromatic heterocycles. The van der Waals surface area contributed by atoms with Gasteiger partial charge in [0.15, 0.2) is 5.17 Å². The van der Waals surface area contributed by atoms with Crippen molar-refractivity contribution in [1.29, 1.82) is 5.26 Å². The topological polar surface area (TPSA) is 87.7 Å². The van der Waals surface area contributed by atoms with E-state index in [9.17, 15) is 14.9 Å². The first-order chi connectivity index (χ1) is 18.9. The number of carbonyl (C=O) groups excluding carboxylic acids is 2. The molecule has 0 aliphatic carbocycles. The third-order valence-corrected chi connectivity index (χ3v) is 7.72. The molecule has 3 aromatic carbocycles. The summed E-state index contributed by atoms with van der Waals surface area (Å²) in [4.78, 5) is 32.3. The molecular formula is C31H26N4O3S. The number of amides is 1. The summed E-state index contributed by atoms with van der Waals surface area (Å²) in [6.45, 7) is 4.96. The van der Waals surface area contributed by atoms with Gasteiger partial charge in [0.1, 0.15) is 0 Å². The Morgan fingerprint density at radius 2 is 1.87 bits per heavy atom. The number of hydrogen-bond acceptors (Lipinski definition) is 6. The summed E-state index contributed by atoms with van der Waals surface area (Å²) in [5.74, 6) is -0.555. The van der Waals surface area contributed by atoms with Gasteiger partial charge >= 0.3 is 5.97 Å². The lowest BCUT2D eigenvalue weighted by molar-refractivity contribution is -0.122. The number of thioether (sulfide) groups is 1. The number of fused-ring (bicyclic) bond motifs is 1. The number of likely N-dealkylation sites (N-methyl/N-ethyl adjacent to an activating group) is 1. The van der Waals surface area contributed by atoms with Crippen LogP contribution >= 0.6 is 11.8 Å². The number of para-hydroxylation sites is 1. The molecule has 1 aliphatic rings. The van der Waals surface area contributed by atoms with Gasteiger partial charge in [-0.3, -0.25) is 9.69 Å². The second kappa shape index (κ2) is 11.0. The first-order valence-corrected chi connectivity index (χ1v) is 13.3. The molecule has 5 rings (SSSR count). The molecule has 2 heterocycles. The van der Waals surface area contributed by atoms with Crippen LogP contribution in [0.4, 0.5) is 5.69 Å². The van der Waals surface area contributed by atoms with Gasteiger partial charge in [-0.05, 0) is 67.6 Å². The monoisotopic (exact) mass is 534 g/mol. The molecular weight excluding hydrogens is 508 g/mol. The predicted molar refractivity (Wildman–Crippen MR) is 155 cm³/mol. The van der Waals surface area contributed by atoms with Crippen molar-refractivity contribution < 1.29 is 14.3 Å². The van der Waals surface area contributed by atoms with E-state index in [2.05, 4.69) is 22.8 Å². The molecule has 1 amide bonds. The third-order valence-electron chi connectivity index (χ3n) is 6.72. The van der Waals surface area contributed by atoms with Crippen LogP contribution in [0.2, 0.25) is 0 Å². The van der Waals surface area contributed by atoms with Gasteiger partial charge in [-0.25, -0.2) is 9.79 Å². The number of hydrogen-bond donors (Lipinski definition) is 0. The zero-order chi connectivity index (χ0) is 27.5. The Kier molecular flexibility index (Phi) is 7.35. The van der Waals surface area contributed by atoms with Crippen LogP contribution < -0.4 is 0 Å². The fourth-order valence-electron chi connectivity index (χ4n) is 4.71. The zero-order valence-corrected chi connectivity index (χ0v) is 22.7. The van der Waals surface area contributed by atoms with Gasteiger partial charge in [-0.1, -0.05) is 42.5 Å². The average molecular weight is 535 g/mol. The summed E-state index contributed by atoms with van der Waals surface area (Å²) in [7, 11) is 1.34. The van der Waals surface area contributed by atoms with Crippen molar-refractivity contribution in [2.45, 2.75) is 20.4 Å². The molecule has 4 aromatic rings. The highest BCUT2D eigenvalue weighted by Gasteiger charge is 2.33. The Hall–Kier alpha value is -4.61. The van der Waals surface area contributed by atoms with E-state index in [0.717, 1.165) is 27.7 Å². The van der Waals surface area contributed by atoms with E-state index in [4.69, 9.17) is 9.73 Å². The molecule has 39 heavy (non-hydrogen) atoms. The van der Waals surface area contributed by atoms with Gasteiger partial charge in [-0.15, -0.1) is 0 Å². The number of aliphatic imine (C=N–C) groups is 1. The smallest absolute Gasteiger partial charge is 0.337 e. The summed E-state index contributed by atoms with van der Waals surface area (Å²) in [5.41, 5.74) is 5.54. The average Bonchev–Trinajstić information content (AvgIpc) is 3.40. The maximum Gasteiger partial charge on any atom is 0.337 e. The zero-order valence-electron chi connectivity index (χ0n) is 21.8. The summed E-state index contributed by atoms with van der Waals surface area (Å²) >= 11 is 1.32. The fourth-order valence-corrected chi connectivity index (χ4v) is 5.76. The standard InChI is InChI=1S/C31H26N4O3S/c1-4-34-29(36)28(39-31(34)33-24-13-9-12-21(16-24)30(37)38-3)17-26-20(2)35(27-15-8-7-14-25(26)27)19-23-11-6-5-10-22(23)18-32/h5-17H,4,19H2,1-3H3. The number of amidine groups is 1. The third kappa shape index (κ3) is 4.97. The molecule has 0 bridgehead atoms. The SMILES string of the molecule is CCN1C(=O)C(=Cc2c(C)n(Cc3ccccc3C#N)c3ccccc23)SC1=Nc1cccc(C(=O)OC)c1. The normalized spacial score (nSPS) is 15.3. The number of methoxy groups -OCH3 is 1. The minimum absolute atomic E-state index is 0.114. The minimum Gasteiger partial charge on any atom is -0.465 e. The van der Waals surface area contributed by atoms with Crippen molar-refractivity contribution >= 4 is 51.5 Å². The quantitative estimate of drug-likeness (QED) is 0.215. The lowest BCUT2D eigenvalue weighted by Gasteiger charge is -2.12. The molecule has 194 valence electrons. The molecule has 1 fully saturated rings. The summed E-state index contributed by atoms with van der Waals surface area (Å²) in [6, 6.07) is 24.8. The van der Waals surface area contributed by atoms with Crippen molar-refractivity contribution in [2.75, 3.05) is 13.7 Å². The molecule has 0 atom stereocenters. The van der Waals surface area contributed by atoms with Crippen LogP contribution in [-0.2, 0) is 16.1 Å². The van der Waals surface area contributed by atoms with Gasteiger partial charge in [0.2, 0.25) is 0 Å². The predicted octanol–water partition coefficient (Wildman–Crippen LogP) is 6.28. The summed E-state index contributed by atoms with van der Waals surface area (Å²) < 4.78 is 7.01. The fraction of sp³-hybridized carbons (Fsp3) is 0.161. The van der Waals surface area contributed by atoms with Gasteiger partial charge in [0.25, 0.3) is 5.91 Å². The number of benzene rings is 3. The Balaban J connectivity index is 1.55. The Bertz CT molecular complexity index is 1710. The highest BCUT2D eigenvalue weighted by molar-refractivity contribution is 8.18. The molecule has 8 heteroatoms. The van der Waals surface area contributed by atoms with E-state index < -0.39 is 5.97 Å². The Morgan fingerprint density at radius 3 is 2.64 bits per heavy atom. The summed E-state index contributed by atoms with van der Waals surface area (Å²) in [6.07, 6.45) is 1.94. The summed E-state index contributed by atoms with van der Waals surface area (Å²) in [5, 5.41) is 11.2. The first-order valence-electron chi connectivity index (χ1n) is 12.5. The van der Waals surface area contributed by atoms with E-state index in [1.807, 2.05) is 56.3 Å². The maximum atomic E-state index is 13.4. The number of nitriles is 1. The van der Waals surface area contributed by atoms with Gasteiger partial charge in [0, 0.05) is 35.2 Å². The van der Waals surface area contributed by atoms with Crippen molar-refractivity contribution in [3.8, 4) is 6.07 Å². The number of nitrogens with zero attached hydrogens (tertiary/aromatic N) is 4. The molecule has 0 N–H and O–H groups in total. The van der Waals surface area contributed by atoms with Gasteiger partial charge in [0.05, 0.1) is 34.9 Å². The molecule has 1 aliphatic heterocycles. The van der Waals surface area contributed by atoms with Crippen molar-refractivity contribution in [1.82, 2.24) is 9.47 Å². The van der Waals surface area contributed by atoms with Crippen LogP contribution in [0.15, 0.2) is 82.7 Å². The highest BCUT2D eigenvalue weighted by Crippen LogP contribution is 2.37. The van der Waals surface area contributed by atoms with Crippen LogP contribution in [0, 0.1) is 18.3 Å². The van der Waals surface area contributed by atoms with E-state index >= 15 is 0 Å². The van der Waals surface area contributed by atoms with Gasteiger partial charge < -0.3 is 9.30 Å². The molecule has 1 saturated heterocycles. The van der Waals surface area contributed by atoms with Gasteiger partial charge in [-0.2, -0.15) is 5.26 Å². The van der Waals surface area contributed by atoms with E-state index in [0.29, 0.717) is 40.0 Å². The van der Waals surface area contributed by atoms with E-state index in [1.54, 1.807) is 29.2 Å².